The van der Waals surface area contributed by atoms with Crippen molar-refractivity contribution in [3.05, 3.63) is 47.0 Å². The lowest BCUT2D eigenvalue weighted by Crippen LogP contribution is -2.34. The van der Waals surface area contributed by atoms with Crippen molar-refractivity contribution in [2.75, 3.05) is 7.05 Å². The summed E-state index contributed by atoms with van der Waals surface area (Å²) in [5, 5.41) is 3.08. The zero-order valence-electron chi connectivity index (χ0n) is 14.7. The van der Waals surface area contributed by atoms with Crippen LogP contribution >= 0.6 is 0 Å². The van der Waals surface area contributed by atoms with Crippen LogP contribution in [0.25, 0.3) is 0 Å². The van der Waals surface area contributed by atoms with Crippen molar-refractivity contribution < 1.29 is 13.2 Å². The number of rotatable bonds is 8. The predicted molar refractivity (Wildman–Crippen MR) is 96.5 cm³/mol. The van der Waals surface area contributed by atoms with Gasteiger partial charge in [-0.05, 0) is 31.0 Å². The first-order valence-corrected chi connectivity index (χ1v) is 9.52. The monoisotopic (exact) mass is 353 g/mol. The Kier molecular flexibility index (Phi) is 7.59. The molecule has 6 nitrogen and oxygen atoms in total. The molecule has 0 spiro atoms. The standard InChI is InChI=1S/C17H27N3O3S/c1-12(2)16(19-4)9-13(3)17(21)20-24(22,23)11-15-7-5-14(10-18)6-8-15/h5-9,12,16,19H,10-11,18H2,1-4H3,(H,20,21)/b13-9+/t16-/m1/s1. The molecule has 0 aromatic heterocycles. The molecule has 0 unspecified atom stereocenters. The minimum atomic E-state index is -3.75. The van der Waals surface area contributed by atoms with Crippen molar-refractivity contribution >= 4 is 15.9 Å². The number of carbonyl (C=O) groups excluding carboxylic acids is 1. The maximum absolute atomic E-state index is 12.2. The number of nitrogens with one attached hydrogen (secondary N) is 2. The molecule has 0 radical (unpaired) electrons. The molecule has 1 amide bonds. The van der Waals surface area contributed by atoms with E-state index in [2.05, 4.69) is 10.0 Å². The number of amides is 1. The summed E-state index contributed by atoms with van der Waals surface area (Å²) >= 11 is 0. The van der Waals surface area contributed by atoms with Gasteiger partial charge in [0.1, 0.15) is 0 Å². The molecule has 0 saturated heterocycles. The van der Waals surface area contributed by atoms with E-state index in [1.807, 2.05) is 13.8 Å². The van der Waals surface area contributed by atoms with Crippen LogP contribution < -0.4 is 15.8 Å². The number of hydrogen-bond acceptors (Lipinski definition) is 5. The molecule has 0 aliphatic rings. The van der Waals surface area contributed by atoms with E-state index in [-0.39, 0.29) is 17.7 Å². The molecule has 24 heavy (non-hydrogen) atoms. The van der Waals surface area contributed by atoms with Crippen molar-refractivity contribution in [1.82, 2.24) is 10.0 Å². The van der Waals surface area contributed by atoms with E-state index in [0.29, 0.717) is 17.7 Å². The maximum atomic E-state index is 12.2. The molecule has 0 fully saturated rings. The highest BCUT2D eigenvalue weighted by atomic mass is 32.2. The van der Waals surface area contributed by atoms with Crippen LogP contribution in [-0.4, -0.2) is 27.4 Å². The van der Waals surface area contributed by atoms with Crippen LogP contribution in [0.15, 0.2) is 35.9 Å². The van der Waals surface area contributed by atoms with E-state index in [4.69, 9.17) is 5.73 Å². The van der Waals surface area contributed by atoms with Crippen LogP contribution in [0.2, 0.25) is 0 Å². The first-order valence-electron chi connectivity index (χ1n) is 7.87. The minimum absolute atomic E-state index is 0.00209. The molecular weight excluding hydrogens is 326 g/mol. The van der Waals surface area contributed by atoms with E-state index in [1.54, 1.807) is 44.3 Å². The van der Waals surface area contributed by atoms with Gasteiger partial charge < -0.3 is 11.1 Å². The van der Waals surface area contributed by atoms with E-state index in [0.717, 1.165) is 5.56 Å². The molecule has 0 bridgehead atoms. The number of hydrogen-bond donors (Lipinski definition) is 3. The van der Waals surface area contributed by atoms with Gasteiger partial charge in [-0.15, -0.1) is 0 Å². The number of nitrogens with two attached hydrogens (primary N) is 1. The molecule has 1 aromatic rings. The van der Waals surface area contributed by atoms with E-state index in [1.165, 1.54) is 0 Å². The fourth-order valence-corrected chi connectivity index (χ4v) is 3.35. The number of carbonyl (C=O) groups is 1. The Morgan fingerprint density at radius 2 is 1.75 bits per heavy atom. The Morgan fingerprint density at radius 3 is 2.21 bits per heavy atom. The Hall–Kier alpha value is -1.70. The highest BCUT2D eigenvalue weighted by Gasteiger charge is 2.18. The smallest absolute Gasteiger partial charge is 0.260 e. The summed E-state index contributed by atoms with van der Waals surface area (Å²) in [6.45, 7) is 6.04. The average Bonchev–Trinajstić information content (AvgIpc) is 2.51. The molecule has 7 heteroatoms. The van der Waals surface area contributed by atoms with Crippen molar-refractivity contribution in [1.29, 1.82) is 0 Å². The number of benzene rings is 1. The summed E-state index contributed by atoms with van der Waals surface area (Å²) in [6, 6.07) is 6.95. The Bertz CT molecular complexity index is 680. The largest absolute Gasteiger partial charge is 0.326 e. The summed E-state index contributed by atoms with van der Waals surface area (Å²) in [4.78, 5) is 12.1. The van der Waals surface area contributed by atoms with E-state index in [9.17, 15) is 13.2 Å². The molecule has 134 valence electrons. The Labute approximate surface area is 144 Å². The Morgan fingerprint density at radius 1 is 1.21 bits per heavy atom. The van der Waals surface area contributed by atoms with Crippen LogP contribution in [0.3, 0.4) is 0 Å². The topological polar surface area (TPSA) is 101 Å². The second kappa shape index (κ2) is 8.96. The normalized spacial score (nSPS) is 13.8. The minimum Gasteiger partial charge on any atom is -0.326 e. The second-order valence-electron chi connectivity index (χ2n) is 6.12. The highest BCUT2D eigenvalue weighted by molar-refractivity contribution is 7.89. The predicted octanol–water partition coefficient (Wildman–Crippen LogP) is 1.28. The average molecular weight is 353 g/mol. The quantitative estimate of drug-likeness (QED) is 0.611. The van der Waals surface area contributed by atoms with Crippen molar-refractivity contribution in [2.45, 2.75) is 39.1 Å². The maximum Gasteiger partial charge on any atom is 0.260 e. The molecule has 4 N–H and O–H groups in total. The molecule has 0 aliphatic heterocycles. The fourth-order valence-electron chi connectivity index (χ4n) is 2.20. The number of sulfonamides is 1. The lowest BCUT2D eigenvalue weighted by Gasteiger charge is -2.17. The van der Waals surface area contributed by atoms with Gasteiger partial charge in [0.15, 0.2) is 0 Å². The molecule has 0 aliphatic carbocycles. The molecule has 1 atom stereocenters. The molecule has 0 saturated carbocycles. The van der Waals surface area contributed by atoms with Crippen molar-refractivity contribution in [3.8, 4) is 0 Å². The van der Waals surface area contributed by atoms with Crippen molar-refractivity contribution in [2.24, 2.45) is 11.7 Å². The van der Waals surface area contributed by atoms with Gasteiger partial charge >= 0.3 is 0 Å². The van der Waals surface area contributed by atoms with Gasteiger partial charge in [0.2, 0.25) is 10.0 Å². The summed E-state index contributed by atoms with van der Waals surface area (Å²) in [5.74, 6) is -0.568. The van der Waals surface area contributed by atoms with E-state index >= 15 is 0 Å². The van der Waals surface area contributed by atoms with Gasteiger partial charge in [-0.2, -0.15) is 0 Å². The SMILES string of the molecule is CN[C@H](/C=C(\C)C(=O)NS(=O)(=O)Cc1ccc(CN)cc1)C(C)C. The first-order chi connectivity index (χ1) is 11.2. The van der Waals surface area contributed by atoms with Crippen LogP contribution in [-0.2, 0) is 27.1 Å². The first kappa shape index (κ1) is 20.3. The van der Waals surface area contributed by atoms with Crippen LogP contribution in [0, 0.1) is 5.92 Å². The second-order valence-corrected chi connectivity index (χ2v) is 7.84. The zero-order valence-corrected chi connectivity index (χ0v) is 15.5. The lowest BCUT2D eigenvalue weighted by atomic mass is 10.0. The van der Waals surface area contributed by atoms with E-state index < -0.39 is 15.9 Å². The third-order valence-electron chi connectivity index (χ3n) is 3.70. The van der Waals surface area contributed by atoms with Gasteiger partial charge in [-0.1, -0.05) is 44.2 Å². The van der Waals surface area contributed by atoms with Gasteiger partial charge in [0.05, 0.1) is 5.75 Å². The summed E-state index contributed by atoms with van der Waals surface area (Å²) in [6.07, 6.45) is 1.74. The third kappa shape index (κ3) is 6.43. The third-order valence-corrected chi connectivity index (χ3v) is 4.91. The summed E-state index contributed by atoms with van der Waals surface area (Å²) in [7, 11) is -1.95. The summed E-state index contributed by atoms with van der Waals surface area (Å²) in [5.41, 5.74) is 7.40. The molecule has 0 heterocycles. The molecule has 1 aromatic carbocycles. The van der Waals surface area contributed by atoms with Gasteiger partial charge in [0, 0.05) is 18.2 Å². The van der Waals surface area contributed by atoms with Crippen LogP contribution in [0.4, 0.5) is 0 Å². The summed E-state index contributed by atoms with van der Waals surface area (Å²) < 4.78 is 26.4. The van der Waals surface area contributed by atoms with Crippen LogP contribution in [0.5, 0.6) is 0 Å². The highest BCUT2D eigenvalue weighted by Crippen LogP contribution is 2.09. The lowest BCUT2D eigenvalue weighted by molar-refractivity contribution is -0.115. The fraction of sp³-hybridized carbons (Fsp3) is 0.471. The van der Waals surface area contributed by atoms with Crippen molar-refractivity contribution in [3.63, 3.8) is 0 Å². The Balaban J connectivity index is 2.77. The van der Waals surface area contributed by atoms with Gasteiger partial charge in [0.25, 0.3) is 5.91 Å². The van der Waals surface area contributed by atoms with Gasteiger partial charge in [-0.3, -0.25) is 4.79 Å². The van der Waals surface area contributed by atoms with Crippen LogP contribution in [0.1, 0.15) is 31.9 Å². The molecule has 1 rings (SSSR count). The van der Waals surface area contributed by atoms with Gasteiger partial charge in [-0.25, -0.2) is 13.1 Å². The zero-order chi connectivity index (χ0) is 18.3. The molecular formula is C17H27N3O3S. The number of likely N-dealkylation sites (N-methyl/N-ethyl adjacent to an activating group) is 1.